The predicted molar refractivity (Wildman–Crippen MR) is 52.6 cm³/mol. The Morgan fingerprint density at radius 3 is 2.61 bits per heavy atom. The first-order valence-electron chi connectivity index (χ1n) is 4.74. The second-order valence-electron chi connectivity index (χ2n) is 3.31. The van der Waals surface area contributed by atoms with E-state index in [-0.39, 0.29) is 0 Å². The van der Waals surface area contributed by atoms with E-state index in [1.165, 1.54) is 14.1 Å². The molecule has 0 spiro atoms. The molecule has 1 rings (SSSR count). The van der Waals surface area contributed by atoms with Crippen LogP contribution in [0.3, 0.4) is 0 Å². The van der Waals surface area contributed by atoms with E-state index in [0.717, 1.165) is 10.9 Å². The lowest BCUT2D eigenvalue weighted by atomic mass is 10.2. The van der Waals surface area contributed by atoms with Gasteiger partial charge in [-0.1, -0.05) is 0 Å². The maximum absolute atomic E-state index is 12.5. The third-order valence-corrected chi connectivity index (χ3v) is 1.93. The molecule has 0 saturated heterocycles. The number of carbonyl (C=O) groups is 2. The number of ether oxygens (including phenoxy) is 1. The van der Waals surface area contributed by atoms with E-state index < -0.39 is 35.9 Å². The topological polar surface area (TPSA) is 73.2 Å². The van der Waals surface area contributed by atoms with Gasteiger partial charge in [-0.15, -0.1) is 0 Å². The van der Waals surface area contributed by atoms with E-state index in [1.807, 2.05) is 0 Å². The summed E-state index contributed by atoms with van der Waals surface area (Å²) in [6, 6.07) is 0. The van der Waals surface area contributed by atoms with Gasteiger partial charge in [0.05, 0.1) is 0 Å². The SMILES string of the molecule is CNC(=O)COC(=O)c1cn(C)nc1C(F)(F)F. The Hall–Kier alpha value is -2.06. The van der Waals surface area contributed by atoms with Gasteiger partial charge in [0.1, 0.15) is 5.56 Å². The van der Waals surface area contributed by atoms with Crippen LogP contribution >= 0.6 is 0 Å². The molecule has 1 amide bonds. The fourth-order valence-electron chi connectivity index (χ4n) is 1.13. The molecule has 6 nitrogen and oxygen atoms in total. The molecule has 0 aliphatic rings. The van der Waals surface area contributed by atoms with Gasteiger partial charge in [-0.2, -0.15) is 18.3 Å². The molecule has 0 aliphatic heterocycles. The fourth-order valence-corrected chi connectivity index (χ4v) is 1.13. The van der Waals surface area contributed by atoms with Crippen LogP contribution < -0.4 is 5.32 Å². The summed E-state index contributed by atoms with van der Waals surface area (Å²) in [5, 5.41) is 5.30. The van der Waals surface area contributed by atoms with Crippen molar-refractivity contribution >= 4 is 11.9 Å². The maximum atomic E-state index is 12.5. The van der Waals surface area contributed by atoms with Gasteiger partial charge in [0.25, 0.3) is 5.91 Å². The van der Waals surface area contributed by atoms with Gasteiger partial charge in [0.2, 0.25) is 0 Å². The van der Waals surface area contributed by atoms with Crippen LogP contribution in [0.15, 0.2) is 6.20 Å². The monoisotopic (exact) mass is 265 g/mol. The zero-order valence-corrected chi connectivity index (χ0v) is 9.54. The first-order valence-corrected chi connectivity index (χ1v) is 4.74. The number of esters is 1. The number of carbonyl (C=O) groups excluding carboxylic acids is 2. The molecule has 1 N–H and O–H groups in total. The fraction of sp³-hybridized carbons (Fsp3) is 0.444. The Morgan fingerprint density at radius 2 is 2.11 bits per heavy atom. The van der Waals surface area contributed by atoms with Crippen LogP contribution in [-0.2, 0) is 22.8 Å². The Balaban J connectivity index is 2.89. The predicted octanol–water partition coefficient (Wildman–Crippen LogP) is 0.342. The van der Waals surface area contributed by atoms with Crippen molar-refractivity contribution < 1.29 is 27.5 Å². The van der Waals surface area contributed by atoms with Crippen LogP contribution in [0, 0.1) is 0 Å². The van der Waals surface area contributed by atoms with Gasteiger partial charge in [0, 0.05) is 20.3 Å². The highest BCUT2D eigenvalue weighted by Crippen LogP contribution is 2.30. The molecule has 1 aromatic rings. The number of alkyl halides is 3. The highest BCUT2D eigenvalue weighted by Gasteiger charge is 2.39. The second kappa shape index (κ2) is 5.07. The number of nitrogens with one attached hydrogen (secondary N) is 1. The number of nitrogens with zero attached hydrogens (tertiary/aromatic N) is 2. The van der Waals surface area contributed by atoms with Crippen LogP contribution in [-0.4, -0.2) is 35.3 Å². The number of hydrogen-bond donors (Lipinski definition) is 1. The van der Waals surface area contributed by atoms with Crippen molar-refractivity contribution in [2.75, 3.05) is 13.7 Å². The van der Waals surface area contributed by atoms with Crippen molar-refractivity contribution in [1.82, 2.24) is 15.1 Å². The third kappa shape index (κ3) is 3.22. The van der Waals surface area contributed by atoms with Gasteiger partial charge in [-0.05, 0) is 0 Å². The average molecular weight is 265 g/mol. The van der Waals surface area contributed by atoms with Crippen LogP contribution in [0.5, 0.6) is 0 Å². The van der Waals surface area contributed by atoms with Crippen molar-refractivity contribution in [2.24, 2.45) is 7.05 Å². The van der Waals surface area contributed by atoms with E-state index in [2.05, 4.69) is 15.2 Å². The van der Waals surface area contributed by atoms with Crippen molar-refractivity contribution in [1.29, 1.82) is 0 Å². The summed E-state index contributed by atoms with van der Waals surface area (Å²) in [4.78, 5) is 22.2. The second-order valence-corrected chi connectivity index (χ2v) is 3.31. The maximum Gasteiger partial charge on any atom is 0.436 e. The molecule has 18 heavy (non-hydrogen) atoms. The van der Waals surface area contributed by atoms with Crippen molar-refractivity contribution in [3.8, 4) is 0 Å². The minimum Gasteiger partial charge on any atom is -0.452 e. The number of rotatable bonds is 3. The molecule has 0 atom stereocenters. The first-order chi connectivity index (χ1) is 8.25. The number of aryl methyl sites for hydroxylation is 1. The lowest BCUT2D eigenvalue weighted by Gasteiger charge is -2.06. The lowest BCUT2D eigenvalue weighted by molar-refractivity contribution is -0.142. The molecule has 0 aliphatic carbocycles. The number of halogens is 3. The van der Waals surface area contributed by atoms with Gasteiger partial charge < -0.3 is 10.1 Å². The van der Waals surface area contributed by atoms with Crippen molar-refractivity contribution in [3.05, 3.63) is 17.5 Å². The van der Waals surface area contributed by atoms with Crippen molar-refractivity contribution in [3.63, 3.8) is 0 Å². The Kier molecular flexibility index (Phi) is 3.94. The summed E-state index contributed by atoms with van der Waals surface area (Å²) in [5.41, 5.74) is -2.07. The molecule has 0 aromatic carbocycles. The number of amides is 1. The lowest BCUT2D eigenvalue weighted by Crippen LogP contribution is -2.25. The summed E-state index contributed by atoms with van der Waals surface area (Å²) in [6.45, 7) is -0.651. The molecule has 0 radical (unpaired) electrons. The van der Waals surface area contributed by atoms with E-state index >= 15 is 0 Å². The summed E-state index contributed by atoms with van der Waals surface area (Å²) in [7, 11) is 2.55. The molecular formula is C9H10F3N3O3. The van der Waals surface area contributed by atoms with E-state index in [9.17, 15) is 22.8 Å². The molecule has 9 heteroatoms. The molecule has 0 bridgehead atoms. The highest BCUT2D eigenvalue weighted by molar-refractivity contribution is 5.92. The quantitative estimate of drug-likeness (QED) is 0.800. The zero-order chi connectivity index (χ0) is 13.9. The van der Waals surface area contributed by atoms with Crippen molar-refractivity contribution in [2.45, 2.75) is 6.18 Å². The molecule has 100 valence electrons. The summed E-state index contributed by atoms with van der Waals surface area (Å²) in [6.07, 6.45) is -3.88. The van der Waals surface area contributed by atoms with E-state index in [4.69, 9.17) is 0 Å². The van der Waals surface area contributed by atoms with E-state index in [1.54, 1.807) is 0 Å². The minimum absolute atomic E-state index is 0.624. The first kappa shape index (κ1) is 14.0. The van der Waals surface area contributed by atoms with Crippen LogP contribution in [0.1, 0.15) is 16.1 Å². The normalized spacial score (nSPS) is 11.2. The van der Waals surface area contributed by atoms with Crippen LogP contribution in [0.4, 0.5) is 13.2 Å². The van der Waals surface area contributed by atoms with Gasteiger partial charge >= 0.3 is 12.1 Å². The largest absolute Gasteiger partial charge is 0.452 e. The Bertz CT molecular complexity index is 467. The molecule has 0 saturated carbocycles. The summed E-state index contributed by atoms with van der Waals surface area (Å²) in [5.74, 6) is -1.88. The molecule has 0 fully saturated rings. The van der Waals surface area contributed by atoms with Crippen LogP contribution in [0.25, 0.3) is 0 Å². The van der Waals surface area contributed by atoms with Gasteiger partial charge in [-0.25, -0.2) is 4.79 Å². The van der Waals surface area contributed by atoms with Crippen LogP contribution in [0.2, 0.25) is 0 Å². The number of likely N-dealkylation sites (N-methyl/N-ethyl adjacent to an activating group) is 1. The number of aromatic nitrogens is 2. The standard InChI is InChI=1S/C9H10F3N3O3/c1-13-6(16)4-18-8(17)5-3-15(2)14-7(5)9(10,11)12/h3H,4H2,1-2H3,(H,13,16). The Labute approximate surface area is 99.7 Å². The van der Waals surface area contributed by atoms with Gasteiger partial charge in [0.15, 0.2) is 12.3 Å². The van der Waals surface area contributed by atoms with Gasteiger partial charge in [-0.3, -0.25) is 9.48 Å². The minimum atomic E-state index is -4.76. The molecular weight excluding hydrogens is 255 g/mol. The highest BCUT2D eigenvalue weighted by atomic mass is 19.4. The molecule has 1 aromatic heterocycles. The number of hydrogen-bond acceptors (Lipinski definition) is 4. The van der Waals surface area contributed by atoms with E-state index in [0.29, 0.717) is 0 Å². The summed E-state index contributed by atoms with van der Waals surface area (Å²) >= 11 is 0. The summed E-state index contributed by atoms with van der Waals surface area (Å²) < 4.78 is 42.8. The zero-order valence-electron chi connectivity index (χ0n) is 9.54. The molecule has 1 heterocycles. The average Bonchev–Trinajstić information content (AvgIpc) is 2.67. The smallest absolute Gasteiger partial charge is 0.436 e. The molecule has 0 unspecified atom stereocenters. The Morgan fingerprint density at radius 1 is 1.50 bits per heavy atom. The third-order valence-electron chi connectivity index (χ3n) is 1.93.